The largest absolute Gasteiger partial charge is 0.483 e. The molecule has 0 aliphatic heterocycles. The highest BCUT2D eigenvalue weighted by molar-refractivity contribution is 5.80. The Hall–Kier alpha value is -2.10. The van der Waals surface area contributed by atoms with Crippen LogP contribution < -0.4 is 4.74 Å². The third kappa shape index (κ3) is 3.22. The topological polar surface area (TPSA) is 44.1 Å². The maximum absolute atomic E-state index is 11.8. The molecule has 0 unspecified atom stereocenters. The van der Waals surface area contributed by atoms with Gasteiger partial charge in [-0.15, -0.1) is 0 Å². The molecule has 0 fully saturated rings. The van der Waals surface area contributed by atoms with Gasteiger partial charge in [0.1, 0.15) is 12.1 Å². The molecule has 0 aliphatic carbocycles. The highest BCUT2D eigenvalue weighted by atomic mass is 16.5. The van der Waals surface area contributed by atoms with Crippen LogP contribution in [0.5, 0.6) is 5.75 Å². The normalized spacial score (nSPS) is 11.3. The molecule has 0 N–H and O–H groups in total. The summed E-state index contributed by atoms with van der Waals surface area (Å²) in [7, 11) is 0. The second kappa shape index (κ2) is 5.26. The molecule has 0 spiro atoms. The summed E-state index contributed by atoms with van der Waals surface area (Å²) in [6.45, 7) is 6.36. The van der Waals surface area contributed by atoms with Gasteiger partial charge in [0.25, 0.3) is 5.91 Å². The van der Waals surface area contributed by atoms with Crippen LogP contribution >= 0.6 is 0 Å². The van der Waals surface area contributed by atoms with Gasteiger partial charge in [0, 0.05) is 12.4 Å². The minimum atomic E-state index is -0.138. The Morgan fingerprint density at radius 2 is 2.05 bits per heavy atom. The maximum atomic E-state index is 11.8. The average Bonchev–Trinajstić information content (AvgIpc) is 2.89. The monoisotopic (exact) mass is 258 g/mol. The van der Waals surface area contributed by atoms with E-state index in [-0.39, 0.29) is 17.9 Å². The van der Waals surface area contributed by atoms with Crippen molar-refractivity contribution < 1.29 is 9.53 Å². The average molecular weight is 258 g/mol. The number of hydrogen-bond donors (Lipinski definition) is 0. The van der Waals surface area contributed by atoms with Crippen molar-refractivity contribution in [1.82, 2.24) is 9.55 Å². The van der Waals surface area contributed by atoms with E-state index in [1.54, 1.807) is 12.4 Å². The Balaban J connectivity index is 2.10. The van der Waals surface area contributed by atoms with E-state index in [9.17, 15) is 4.79 Å². The van der Waals surface area contributed by atoms with Crippen molar-refractivity contribution in [2.75, 3.05) is 6.61 Å². The number of ether oxygens (including phenoxy) is 1. The van der Waals surface area contributed by atoms with Crippen LogP contribution in [-0.2, 0) is 5.41 Å². The van der Waals surface area contributed by atoms with Crippen molar-refractivity contribution in [1.29, 1.82) is 0 Å². The Morgan fingerprint density at radius 3 is 2.68 bits per heavy atom. The van der Waals surface area contributed by atoms with E-state index in [0.717, 1.165) is 11.3 Å². The molecule has 1 heterocycles. The van der Waals surface area contributed by atoms with E-state index in [1.807, 2.05) is 24.3 Å². The van der Waals surface area contributed by atoms with Gasteiger partial charge in [0.15, 0.2) is 6.61 Å². The minimum Gasteiger partial charge on any atom is -0.483 e. The molecular weight excluding hydrogens is 240 g/mol. The van der Waals surface area contributed by atoms with Gasteiger partial charge < -0.3 is 4.74 Å². The van der Waals surface area contributed by atoms with Crippen LogP contribution in [0.3, 0.4) is 0 Å². The van der Waals surface area contributed by atoms with E-state index in [1.165, 1.54) is 10.9 Å². The third-order valence-electron chi connectivity index (χ3n) is 2.84. The highest BCUT2D eigenvalue weighted by Crippen LogP contribution is 2.30. The quantitative estimate of drug-likeness (QED) is 0.850. The molecule has 0 saturated heterocycles. The first-order chi connectivity index (χ1) is 8.98. The van der Waals surface area contributed by atoms with E-state index in [0.29, 0.717) is 0 Å². The molecule has 0 aliphatic rings. The zero-order valence-corrected chi connectivity index (χ0v) is 11.5. The van der Waals surface area contributed by atoms with Crippen LogP contribution in [0.15, 0.2) is 43.0 Å². The van der Waals surface area contributed by atoms with Crippen molar-refractivity contribution >= 4 is 5.91 Å². The molecular formula is C15H18N2O2. The predicted octanol–water partition coefficient (Wildman–Crippen LogP) is 2.90. The molecule has 19 heavy (non-hydrogen) atoms. The SMILES string of the molecule is CC(C)(C)c1ccccc1OCC(=O)n1ccnc1. The number of nitrogens with zero attached hydrogens (tertiary/aromatic N) is 2. The molecule has 0 atom stereocenters. The number of benzene rings is 1. The molecule has 4 heteroatoms. The molecule has 1 aromatic carbocycles. The summed E-state index contributed by atoms with van der Waals surface area (Å²) in [5.74, 6) is 0.615. The van der Waals surface area contributed by atoms with Gasteiger partial charge in [-0.1, -0.05) is 39.0 Å². The van der Waals surface area contributed by atoms with Crippen LogP contribution in [0.1, 0.15) is 31.1 Å². The first-order valence-electron chi connectivity index (χ1n) is 6.22. The molecule has 0 bridgehead atoms. The summed E-state index contributed by atoms with van der Waals surface area (Å²) in [5, 5.41) is 0. The maximum Gasteiger partial charge on any atom is 0.269 e. The van der Waals surface area contributed by atoms with Gasteiger partial charge in [0.2, 0.25) is 0 Å². The third-order valence-corrected chi connectivity index (χ3v) is 2.84. The summed E-state index contributed by atoms with van der Waals surface area (Å²) in [4.78, 5) is 15.7. The van der Waals surface area contributed by atoms with Crippen molar-refractivity contribution in [2.24, 2.45) is 0 Å². The zero-order chi connectivity index (χ0) is 13.9. The molecule has 2 rings (SSSR count). The Kier molecular flexibility index (Phi) is 3.69. The van der Waals surface area contributed by atoms with E-state index < -0.39 is 0 Å². The van der Waals surface area contributed by atoms with Crippen LogP contribution in [0.25, 0.3) is 0 Å². The standard InChI is InChI=1S/C15H18N2O2/c1-15(2,3)12-6-4-5-7-13(12)19-10-14(18)17-9-8-16-11-17/h4-9,11H,10H2,1-3H3. The number of aromatic nitrogens is 2. The van der Waals surface area contributed by atoms with Crippen molar-refractivity contribution in [2.45, 2.75) is 26.2 Å². The van der Waals surface area contributed by atoms with Crippen LogP contribution in [0.4, 0.5) is 0 Å². The van der Waals surface area contributed by atoms with Crippen molar-refractivity contribution in [3.63, 3.8) is 0 Å². The second-order valence-electron chi connectivity index (χ2n) is 5.40. The van der Waals surface area contributed by atoms with Crippen molar-refractivity contribution in [3.05, 3.63) is 48.5 Å². The fourth-order valence-corrected chi connectivity index (χ4v) is 1.83. The lowest BCUT2D eigenvalue weighted by Gasteiger charge is -2.22. The van der Waals surface area contributed by atoms with E-state index >= 15 is 0 Å². The smallest absolute Gasteiger partial charge is 0.269 e. The van der Waals surface area contributed by atoms with Gasteiger partial charge in [-0.05, 0) is 17.0 Å². The number of rotatable bonds is 3. The number of para-hydroxylation sites is 1. The van der Waals surface area contributed by atoms with E-state index in [4.69, 9.17) is 4.74 Å². The number of carbonyl (C=O) groups is 1. The van der Waals surface area contributed by atoms with Crippen LogP contribution in [0.2, 0.25) is 0 Å². The van der Waals surface area contributed by atoms with Gasteiger partial charge in [-0.2, -0.15) is 0 Å². The van der Waals surface area contributed by atoms with Gasteiger partial charge in [0.05, 0.1) is 0 Å². The number of imidazole rings is 1. The lowest BCUT2D eigenvalue weighted by Crippen LogP contribution is -2.20. The predicted molar refractivity (Wildman–Crippen MR) is 73.5 cm³/mol. The Morgan fingerprint density at radius 1 is 1.32 bits per heavy atom. The Labute approximate surface area is 113 Å². The lowest BCUT2D eigenvalue weighted by atomic mass is 9.86. The Bertz CT molecular complexity index is 554. The molecule has 0 saturated carbocycles. The van der Waals surface area contributed by atoms with Gasteiger partial charge in [-0.3, -0.25) is 9.36 Å². The van der Waals surface area contributed by atoms with Crippen LogP contribution in [-0.4, -0.2) is 22.1 Å². The summed E-state index contributed by atoms with van der Waals surface area (Å²) in [6, 6.07) is 7.80. The van der Waals surface area contributed by atoms with E-state index in [2.05, 4.69) is 25.8 Å². The van der Waals surface area contributed by atoms with Crippen LogP contribution in [0, 0.1) is 0 Å². The number of hydrogen-bond acceptors (Lipinski definition) is 3. The molecule has 0 radical (unpaired) electrons. The molecule has 100 valence electrons. The summed E-state index contributed by atoms with van der Waals surface area (Å²) >= 11 is 0. The first kappa shape index (κ1) is 13.3. The molecule has 1 aromatic heterocycles. The zero-order valence-electron chi connectivity index (χ0n) is 11.5. The summed E-state index contributed by atoms with van der Waals surface area (Å²) < 4.78 is 7.07. The molecule has 4 nitrogen and oxygen atoms in total. The van der Waals surface area contributed by atoms with Crippen molar-refractivity contribution in [3.8, 4) is 5.75 Å². The number of carbonyl (C=O) groups excluding carboxylic acids is 1. The first-order valence-corrected chi connectivity index (χ1v) is 6.22. The molecule has 2 aromatic rings. The van der Waals surface area contributed by atoms with Gasteiger partial charge in [-0.25, -0.2) is 4.98 Å². The summed E-state index contributed by atoms with van der Waals surface area (Å²) in [5.41, 5.74) is 1.07. The minimum absolute atomic E-state index is 0.00343. The second-order valence-corrected chi connectivity index (χ2v) is 5.40. The fraction of sp³-hybridized carbons (Fsp3) is 0.333. The molecule has 0 amide bonds. The fourth-order valence-electron chi connectivity index (χ4n) is 1.83. The summed E-state index contributed by atoms with van der Waals surface area (Å²) in [6.07, 6.45) is 4.66. The van der Waals surface area contributed by atoms with Gasteiger partial charge >= 0.3 is 0 Å². The lowest BCUT2D eigenvalue weighted by molar-refractivity contribution is 0.0836. The highest BCUT2D eigenvalue weighted by Gasteiger charge is 2.18.